The van der Waals surface area contributed by atoms with Crippen molar-refractivity contribution in [3.05, 3.63) is 101 Å². The smallest absolute Gasteiger partial charge is 0.326 e. The summed E-state index contributed by atoms with van der Waals surface area (Å²) in [6.07, 6.45) is 5.95. The first-order chi connectivity index (χ1) is 22.6. The van der Waals surface area contributed by atoms with Crippen molar-refractivity contribution in [3.8, 4) is 16.9 Å². The van der Waals surface area contributed by atoms with E-state index in [0.717, 1.165) is 52.1 Å². The summed E-state index contributed by atoms with van der Waals surface area (Å²) in [5, 5.41) is 16.2. The van der Waals surface area contributed by atoms with Gasteiger partial charge in [-0.15, -0.1) is 0 Å². The van der Waals surface area contributed by atoms with Gasteiger partial charge in [0.05, 0.1) is 25.8 Å². The van der Waals surface area contributed by atoms with Crippen LogP contribution in [-0.4, -0.2) is 57.8 Å². The number of carbonyl (C=O) groups excluding carboxylic acids is 3. The number of aromatic nitrogens is 2. The fraction of sp³-hybridized carbons (Fsp3) is 0.306. The average molecular weight is 638 g/mol. The molecule has 11 nitrogen and oxygen atoms in total. The molecule has 3 aromatic carbocycles. The molecule has 2 heterocycles. The maximum atomic E-state index is 13.3. The SMILES string of the molecule is Cc1cccc(OCCCC(=O)N2CCCc3c(-c4cnn(Cc5cccc(C(=O)NC(CC(N)=O)C(=O)O)c5)c4)cccc32)c1C. The Morgan fingerprint density at radius 2 is 1.85 bits per heavy atom. The van der Waals surface area contributed by atoms with Crippen molar-refractivity contribution in [2.75, 3.05) is 18.1 Å². The fourth-order valence-corrected chi connectivity index (χ4v) is 5.81. The summed E-state index contributed by atoms with van der Waals surface area (Å²) in [5.74, 6) is -1.85. The number of aryl methyl sites for hydroxylation is 1. The Morgan fingerprint density at radius 1 is 1.06 bits per heavy atom. The van der Waals surface area contributed by atoms with E-state index in [-0.39, 0.29) is 11.5 Å². The lowest BCUT2D eigenvalue weighted by molar-refractivity contribution is -0.140. The molecule has 0 aliphatic carbocycles. The number of ether oxygens (including phenoxy) is 1. The summed E-state index contributed by atoms with van der Waals surface area (Å²) < 4.78 is 7.73. The van der Waals surface area contributed by atoms with Gasteiger partial charge in [-0.2, -0.15) is 5.10 Å². The topological polar surface area (TPSA) is 157 Å². The van der Waals surface area contributed by atoms with Crippen LogP contribution in [0.25, 0.3) is 11.1 Å². The lowest BCUT2D eigenvalue weighted by Crippen LogP contribution is -2.43. The third-order valence-corrected chi connectivity index (χ3v) is 8.39. The number of anilines is 1. The van der Waals surface area contributed by atoms with E-state index in [0.29, 0.717) is 32.5 Å². The van der Waals surface area contributed by atoms with E-state index in [1.54, 1.807) is 29.1 Å². The summed E-state index contributed by atoms with van der Waals surface area (Å²) in [4.78, 5) is 50.6. The second kappa shape index (κ2) is 14.8. The summed E-state index contributed by atoms with van der Waals surface area (Å²) in [5.41, 5.74) is 12.4. The Labute approximate surface area is 273 Å². The lowest BCUT2D eigenvalue weighted by atomic mass is 9.93. The Kier molecular flexibility index (Phi) is 10.3. The van der Waals surface area contributed by atoms with Crippen LogP contribution in [0, 0.1) is 13.8 Å². The van der Waals surface area contributed by atoms with Crippen LogP contribution in [-0.2, 0) is 27.3 Å². The molecule has 4 N–H and O–H groups in total. The summed E-state index contributed by atoms with van der Waals surface area (Å²) >= 11 is 0. The number of hydrogen-bond acceptors (Lipinski definition) is 6. The third-order valence-electron chi connectivity index (χ3n) is 8.39. The van der Waals surface area contributed by atoms with Gasteiger partial charge >= 0.3 is 5.97 Å². The molecule has 0 spiro atoms. The highest BCUT2D eigenvalue weighted by molar-refractivity contribution is 5.98. The number of rotatable bonds is 13. The minimum Gasteiger partial charge on any atom is -0.493 e. The van der Waals surface area contributed by atoms with Gasteiger partial charge in [0.1, 0.15) is 11.8 Å². The molecule has 5 rings (SSSR count). The third kappa shape index (κ3) is 8.04. The monoisotopic (exact) mass is 637 g/mol. The van der Waals surface area contributed by atoms with Crippen LogP contribution in [0.1, 0.15) is 58.3 Å². The first-order valence-corrected chi connectivity index (χ1v) is 15.7. The number of nitrogens with zero attached hydrogens (tertiary/aromatic N) is 3. The number of hydrogen-bond donors (Lipinski definition) is 3. The highest BCUT2D eigenvalue weighted by Crippen LogP contribution is 2.36. The molecule has 4 aromatic rings. The summed E-state index contributed by atoms with van der Waals surface area (Å²) in [6, 6.07) is 17.4. The minimum absolute atomic E-state index is 0.0802. The molecule has 0 fully saturated rings. The number of carbonyl (C=O) groups is 4. The molecule has 0 saturated carbocycles. The molecule has 3 amide bonds. The van der Waals surface area contributed by atoms with Crippen LogP contribution in [0.2, 0.25) is 0 Å². The molecule has 1 aromatic heterocycles. The van der Waals surface area contributed by atoms with Crippen LogP contribution in [0.5, 0.6) is 5.75 Å². The predicted octanol–water partition coefficient (Wildman–Crippen LogP) is 4.41. The Morgan fingerprint density at radius 3 is 2.64 bits per heavy atom. The number of primary amides is 1. The molecule has 1 atom stereocenters. The number of fused-ring (bicyclic) bond motifs is 1. The molecule has 0 saturated heterocycles. The van der Waals surface area contributed by atoms with Crippen molar-refractivity contribution >= 4 is 29.4 Å². The zero-order chi connectivity index (χ0) is 33.5. The second-order valence-electron chi connectivity index (χ2n) is 11.8. The molecule has 244 valence electrons. The number of amides is 3. The van der Waals surface area contributed by atoms with Crippen LogP contribution >= 0.6 is 0 Å². The van der Waals surface area contributed by atoms with Crippen molar-refractivity contribution in [3.63, 3.8) is 0 Å². The molecule has 0 bridgehead atoms. The molecule has 0 radical (unpaired) electrons. The normalized spacial score (nSPS) is 13.0. The van der Waals surface area contributed by atoms with Crippen LogP contribution in [0.15, 0.2) is 73.1 Å². The first-order valence-electron chi connectivity index (χ1n) is 15.7. The maximum Gasteiger partial charge on any atom is 0.326 e. The summed E-state index contributed by atoms with van der Waals surface area (Å²) in [6.45, 7) is 5.61. The van der Waals surface area contributed by atoms with Crippen molar-refractivity contribution in [1.29, 1.82) is 0 Å². The molecular formula is C36H39N5O6. The number of carboxylic acids is 1. The van der Waals surface area contributed by atoms with E-state index in [9.17, 15) is 24.3 Å². The largest absolute Gasteiger partial charge is 0.493 e. The first kappa shape index (κ1) is 32.9. The Hall–Kier alpha value is -5.45. The van der Waals surface area contributed by atoms with E-state index in [1.165, 1.54) is 5.56 Å². The van der Waals surface area contributed by atoms with E-state index in [4.69, 9.17) is 10.5 Å². The van der Waals surface area contributed by atoms with Gasteiger partial charge in [0.25, 0.3) is 5.91 Å². The average Bonchev–Trinajstić information content (AvgIpc) is 3.51. The Balaban J connectivity index is 1.23. The second-order valence-corrected chi connectivity index (χ2v) is 11.8. The van der Waals surface area contributed by atoms with Gasteiger partial charge in [-0.1, -0.05) is 36.4 Å². The quantitative estimate of drug-likeness (QED) is 0.183. The van der Waals surface area contributed by atoms with Gasteiger partial charge < -0.3 is 25.8 Å². The van der Waals surface area contributed by atoms with Gasteiger partial charge in [-0.05, 0) is 85.2 Å². The standard InChI is InChI=1S/C36H39N5O6/c1-23-8-3-14-32(24(23)2)47-17-7-15-34(43)41-16-6-12-29-28(11-5-13-31(29)41)27-20-38-40(22-27)21-25-9-4-10-26(18-25)35(44)39-30(36(45)46)19-33(37)42/h3-5,8-11,13-14,18,20,22,30H,6-7,12,15-17,19,21H2,1-2H3,(H2,37,42)(H,39,44)(H,45,46). The highest BCUT2D eigenvalue weighted by Gasteiger charge is 2.25. The zero-order valence-electron chi connectivity index (χ0n) is 26.6. The molecule has 11 heteroatoms. The van der Waals surface area contributed by atoms with Crippen molar-refractivity contribution in [1.82, 2.24) is 15.1 Å². The van der Waals surface area contributed by atoms with Crippen LogP contribution in [0.4, 0.5) is 5.69 Å². The Bertz CT molecular complexity index is 1800. The van der Waals surface area contributed by atoms with Crippen LogP contribution in [0.3, 0.4) is 0 Å². The number of aliphatic carboxylic acids is 1. The van der Waals surface area contributed by atoms with E-state index in [2.05, 4.69) is 23.4 Å². The molecule has 1 aliphatic rings. The zero-order valence-corrected chi connectivity index (χ0v) is 26.6. The van der Waals surface area contributed by atoms with Crippen molar-refractivity contribution in [2.45, 2.75) is 58.5 Å². The molecular weight excluding hydrogens is 598 g/mol. The minimum atomic E-state index is -1.41. The predicted molar refractivity (Wildman–Crippen MR) is 177 cm³/mol. The van der Waals surface area contributed by atoms with Gasteiger partial charge in [-0.3, -0.25) is 19.1 Å². The van der Waals surface area contributed by atoms with Crippen molar-refractivity contribution in [2.24, 2.45) is 5.73 Å². The number of benzene rings is 3. The molecule has 1 unspecified atom stereocenters. The summed E-state index contributed by atoms with van der Waals surface area (Å²) in [7, 11) is 0. The van der Waals surface area contributed by atoms with Gasteiger partial charge in [0.2, 0.25) is 11.8 Å². The van der Waals surface area contributed by atoms with Gasteiger partial charge in [0, 0.05) is 36.0 Å². The highest BCUT2D eigenvalue weighted by atomic mass is 16.5. The number of nitrogens with two attached hydrogens (primary N) is 1. The van der Waals surface area contributed by atoms with Crippen LogP contribution < -0.4 is 20.7 Å². The van der Waals surface area contributed by atoms with E-state index in [1.807, 2.05) is 54.4 Å². The number of carboxylic acid groups (broad SMARTS) is 1. The number of nitrogens with one attached hydrogen (secondary N) is 1. The maximum absolute atomic E-state index is 13.3. The van der Waals surface area contributed by atoms with Gasteiger partial charge in [0.15, 0.2) is 0 Å². The van der Waals surface area contributed by atoms with E-state index < -0.39 is 30.2 Å². The fourth-order valence-electron chi connectivity index (χ4n) is 5.81. The van der Waals surface area contributed by atoms with E-state index >= 15 is 0 Å². The molecule has 1 aliphatic heterocycles. The van der Waals surface area contributed by atoms with Crippen molar-refractivity contribution < 1.29 is 29.0 Å². The van der Waals surface area contributed by atoms with Gasteiger partial charge in [-0.25, -0.2) is 4.79 Å². The molecule has 47 heavy (non-hydrogen) atoms. The lowest BCUT2D eigenvalue weighted by Gasteiger charge is -2.31.